The van der Waals surface area contributed by atoms with Gasteiger partial charge in [0.1, 0.15) is 5.82 Å². The molecule has 5 nitrogen and oxygen atoms in total. The van der Waals surface area contributed by atoms with Crippen molar-refractivity contribution < 1.29 is 4.74 Å². The van der Waals surface area contributed by atoms with Gasteiger partial charge in [0.05, 0.1) is 6.10 Å². The number of rotatable bonds is 6. The molecule has 1 aromatic heterocycles. The Bertz CT molecular complexity index is 564. The van der Waals surface area contributed by atoms with Gasteiger partial charge in [0.25, 0.3) is 0 Å². The second-order valence-corrected chi connectivity index (χ2v) is 8.01. The van der Waals surface area contributed by atoms with E-state index in [1.165, 1.54) is 31.2 Å². The minimum atomic E-state index is 0.434. The number of ether oxygens (including phenoxy) is 1. The predicted octanol–water partition coefficient (Wildman–Crippen LogP) is 2.27. The Labute approximate surface area is 151 Å². The summed E-state index contributed by atoms with van der Waals surface area (Å²) < 4.78 is 5.95. The Kier molecular flexibility index (Phi) is 4.98. The van der Waals surface area contributed by atoms with Gasteiger partial charge in [-0.05, 0) is 44.9 Å². The molecule has 2 heterocycles. The SMILES string of the molecule is CCO[C@H]1C[C@@H](NCc2ccc(N3CCN(C)CC3)nc2)C12CCC2. The minimum absolute atomic E-state index is 0.434. The first-order chi connectivity index (χ1) is 12.2. The maximum Gasteiger partial charge on any atom is 0.128 e. The summed E-state index contributed by atoms with van der Waals surface area (Å²) >= 11 is 0. The van der Waals surface area contributed by atoms with Gasteiger partial charge < -0.3 is 19.9 Å². The number of piperazine rings is 1. The van der Waals surface area contributed by atoms with Gasteiger partial charge in [-0.3, -0.25) is 0 Å². The highest BCUT2D eigenvalue weighted by Crippen LogP contribution is 2.57. The molecular formula is C20H32N4O. The number of hydrogen-bond donors (Lipinski definition) is 1. The molecule has 25 heavy (non-hydrogen) atoms. The summed E-state index contributed by atoms with van der Waals surface area (Å²) in [7, 11) is 2.19. The van der Waals surface area contributed by atoms with Crippen molar-refractivity contribution in [1.29, 1.82) is 0 Å². The Morgan fingerprint density at radius 3 is 2.64 bits per heavy atom. The first-order valence-electron chi connectivity index (χ1n) is 9.95. The summed E-state index contributed by atoms with van der Waals surface area (Å²) in [6.07, 6.45) is 7.73. The number of likely N-dealkylation sites (N-methyl/N-ethyl adjacent to an activating group) is 1. The van der Waals surface area contributed by atoms with Crippen molar-refractivity contribution in [2.75, 3.05) is 44.7 Å². The lowest BCUT2D eigenvalue weighted by Crippen LogP contribution is -2.66. The van der Waals surface area contributed by atoms with Crippen LogP contribution >= 0.6 is 0 Å². The summed E-state index contributed by atoms with van der Waals surface area (Å²) in [6, 6.07) is 5.04. The molecule has 3 aliphatic rings. The minimum Gasteiger partial charge on any atom is -0.378 e. The molecule has 0 radical (unpaired) electrons. The number of hydrogen-bond acceptors (Lipinski definition) is 5. The van der Waals surface area contributed by atoms with E-state index in [0.717, 1.165) is 45.1 Å². The van der Waals surface area contributed by atoms with E-state index in [-0.39, 0.29) is 0 Å². The lowest BCUT2D eigenvalue weighted by atomic mass is 9.51. The summed E-state index contributed by atoms with van der Waals surface area (Å²) in [5, 5.41) is 3.78. The molecule has 1 spiro atoms. The van der Waals surface area contributed by atoms with Crippen molar-refractivity contribution >= 4 is 5.82 Å². The van der Waals surface area contributed by atoms with Crippen molar-refractivity contribution in [3.63, 3.8) is 0 Å². The Hall–Kier alpha value is -1.17. The number of pyridine rings is 1. The van der Waals surface area contributed by atoms with Crippen LogP contribution in [0.1, 0.15) is 38.2 Å². The van der Waals surface area contributed by atoms with Gasteiger partial charge >= 0.3 is 0 Å². The van der Waals surface area contributed by atoms with Crippen molar-refractivity contribution in [2.24, 2.45) is 5.41 Å². The lowest BCUT2D eigenvalue weighted by Gasteiger charge is -2.61. The summed E-state index contributed by atoms with van der Waals surface area (Å²) in [4.78, 5) is 9.47. The molecule has 2 saturated carbocycles. The average molecular weight is 345 g/mol. The van der Waals surface area contributed by atoms with Crippen LogP contribution in [0.2, 0.25) is 0 Å². The number of nitrogens with one attached hydrogen (secondary N) is 1. The molecule has 1 N–H and O–H groups in total. The van der Waals surface area contributed by atoms with Gasteiger partial charge in [-0.25, -0.2) is 4.98 Å². The van der Waals surface area contributed by atoms with E-state index in [1.54, 1.807) is 0 Å². The fourth-order valence-electron chi connectivity index (χ4n) is 4.71. The van der Waals surface area contributed by atoms with E-state index < -0.39 is 0 Å². The molecule has 4 rings (SSSR count). The summed E-state index contributed by atoms with van der Waals surface area (Å²) in [5.41, 5.74) is 1.72. The number of aromatic nitrogens is 1. The third-order valence-corrected chi connectivity index (χ3v) is 6.63. The van der Waals surface area contributed by atoms with Gasteiger partial charge in [-0.2, -0.15) is 0 Å². The molecular weight excluding hydrogens is 312 g/mol. The Morgan fingerprint density at radius 2 is 2.04 bits per heavy atom. The van der Waals surface area contributed by atoms with Crippen LogP contribution in [0.4, 0.5) is 5.82 Å². The van der Waals surface area contributed by atoms with Crippen LogP contribution < -0.4 is 10.2 Å². The molecule has 0 unspecified atom stereocenters. The fourth-order valence-corrected chi connectivity index (χ4v) is 4.71. The second kappa shape index (κ2) is 7.22. The summed E-state index contributed by atoms with van der Waals surface area (Å²) in [5.74, 6) is 1.12. The van der Waals surface area contributed by atoms with Crippen LogP contribution in [-0.4, -0.2) is 61.9 Å². The van der Waals surface area contributed by atoms with Gasteiger partial charge in [-0.15, -0.1) is 0 Å². The molecule has 138 valence electrons. The molecule has 2 atom stereocenters. The van der Waals surface area contributed by atoms with Crippen molar-refractivity contribution in [3.05, 3.63) is 23.9 Å². The first kappa shape index (κ1) is 17.3. The van der Waals surface area contributed by atoms with Crippen LogP contribution in [0.25, 0.3) is 0 Å². The third-order valence-electron chi connectivity index (χ3n) is 6.63. The highest BCUT2D eigenvalue weighted by Gasteiger charge is 2.58. The Balaban J connectivity index is 1.29. The lowest BCUT2D eigenvalue weighted by molar-refractivity contribution is -0.173. The van der Waals surface area contributed by atoms with E-state index in [9.17, 15) is 0 Å². The number of anilines is 1. The maximum absolute atomic E-state index is 5.95. The predicted molar refractivity (Wildman–Crippen MR) is 101 cm³/mol. The normalized spacial score (nSPS) is 28.6. The highest BCUT2D eigenvalue weighted by atomic mass is 16.5. The van der Waals surface area contributed by atoms with Crippen LogP contribution in [0, 0.1) is 5.41 Å². The monoisotopic (exact) mass is 344 g/mol. The zero-order valence-electron chi connectivity index (χ0n) is 15.7. The molecule has 1 saturated heterocycles. The second-order valence-electron chi connectivity index (χ2n) is 8.01. The number of nitrogens with zero attached hydrogens (tertiary/aromatic N) is 3. The Morgan fingerprint density at radius 1 is 1.24 bits per heavy atom. The molecule has 1 aromatic rings. The molecule has 0 amide bonds. The van der Waals surface area contributed by atoms with E-state index in [2.05, 4.69) is 41.2 Å². The van der Waals surface area contributed by atoms with Crippen LogP contribution in [0.3, 0.4) is 0 Å². The average Bonchev–Trinajstić information content (AvgIpc) is 2.57. The quantitative estimate of drug-likeness (QED) is 0.857. The van der Waals surface area contributed by atoms with Crippen LogP contribution in [0.5, 0.6) is 0 Å². The fraction of sp³-hybridized carbons (Fsp3) is 0.750. The molecule has 0 aromatic carbocycles. The molecule has 1 aliphatic heterocycles. The first-order valence-corrected chi connectivity index (χ1v) is 9.95. The molecule has 2 aliphatic carbocycles. The smallest absolute Gasteiger partial charge is 0.128 e. The molecule has 3 fully saturated rings. The van der Waals surface area contributed by atoms with Crippen molar-refractivity contribution in [1.82, 2.24) is 15.2 Å². The van der Waals surface area contributed by atoms with Gasteiger partial charge in [0.15, 0.2) is 0 Å². The topological polar surface area (TPSA) is 40.6 Å². The molecule has 5 heteroatoms. The van der Waals surface area contributed by atoms with E-state index >= 15 is 0 Å². The van der Waals surface area contributed by atoms with E-state index in [1.807, 2.05) is 6.20 Å². The zero-order valence-corrected chi connectivity index (χ0v) is 15.7. The van der Waals surface area contributed by atoms with Crippen LogP contribution in [-0.2, 0) is 11.3 Å². The van der Waals surface area contributed by atoms with Crippen LogP contribution in [0.15, 0.2) is 18.3 Å². The molecule has 0 bridgehead atoms. The standard InChI is InChI=1S/C20H32N4O/c1-3-25-18-13-17(20(18)7-4-8-20)21-14-16-5-6-19(22-15-16)24-11-9-23(2)10-12-24/h5-6,15,17-18,21H,3-4,7-14H2,1-2H3/t17-,18+/m1/s1. The highest BCUT2D eigenvalue weighted by molar-refractivity contribution is 5.40. The van der Waals surface area contributed by atoms with Gasteiger partial charge in [0.2, 0.25) is 0 Å². The van der Waals surface area contributed by atoms with Gasteiger partial charge in [0, 0.05) is 57.0 Å². The van der Waals surface area contributed by atoms with E-state index in [0.29, 0.717) is 17.6 Å². The van der Waals surface area contributed by atoms with Crippen molar-refractivity contribution in [2.45, 2.75) is 51.3 Å². The van der Waals surface area contributed by atoms with Crippen molar-refractivity contribution in [3.8, 4) is 0 Å². The maximum atomic E-state index is 5.95. The zero-order chi connectivity index (χ0) is 17.3. The largest absolute Gasteiger partial charge is 0.378 e. The van der Waals surface area contributed by atoms with Gasteiger partial charge in [-0.1, -0.05) is 12.5 Å². The summed E-state index contributed by atoms with van der Waals surface area (Å²) in [6.45, 7) is 8.26. The van der Waals surface area contributed by atoms with E-state index in [4.69, 9.17) is 9.72 Å². The third kappa shape index (κ3) is 3.29.